The molecule has 21 heavy (non-hydrogen) atoms. The van der Waals surface area contributed by atoms with Crippen LogP contribution in [0, 0.1) is 0 Å². The van der Waals surface area contributed by atoms with E-state index in [1.807, 2.05) is 59.4 Å². The van der Waals surface area contributed by atoms with E-state index in [1.54, 1.807) is 6.92 Å². The van der Waals surface area contributed by atoms with Gasteiger partial charge in [-0.15, -0.1) is 0 Å². The van der Waals surface area contributed by atoms with Gasteiger partial charge in [0.2, 0.25) is 0 Å². The molecule has 0 atom stereocenters. The average molecular weight is 298 g/mol. The van der Waals surface area contributed by atoms with Gasteiger partial charge in [0, 0.05) is 18.0 Å². The topological polar surface area (TPSA) is 44.1 Å². The number of thiazole rings is 1. The number of benzene rings is 1. The number of esters is 1. The molecule has 0 fully saturated rings. The summed E-state index contributed by atoms with van der Waals surface area (Å²) in [5, 5.41) is 0.752. The predicted molar refractivity (Wildman–Crippen MR) is 82.8 cm³/mol. The molecule has 0 N–H and O–H groups in total. The normalized spacial score (nSPS) is 10.5. The first-order valence-electron chi connectivity index (χ1n) is 6.66. The van der Waals surface area contributed by atoms with E-state index >= 15 is 0 Å². The van der Waals surface area contributed by atoms with Crippen LogP contribution in [0.2, 0.25) is 0 Å². The zero-order valence-electron chi connectivity index (χ0n) is 11.5. The summed E-state index contributed by atoms with van der Waals surface area (Å²) in [6.45, 7) is 2.15. The molecule has 106 valence electrons. The molecule has 1 aromatic carbocycles. The third-order valence-electron chi connectivity index (χ3n) is 2.95. The van der Waals surface area contributed by atoms with Gasteiger partial charge in [-0.3, -0.25) is 0 Å². The van der Waals surface area contributed by atoms with Crippen LogP contribution >= 0.6 is 11.3 Å². The maximum Gasteiger partial charge on any atom is 0.350 e. The Labute approximate surface area is 126 Å². The largest absolute Gasteiger partial charge is 0.462 e. The quantitative estimate of drug-likeness (QED) is 0.689. The molecule has 3 aromatic rings. The fourth-order valence-corrected chi connectivity index (χ4v) is 2.96. The van der Waals surface area contributed by atoms with Crippen LogP contribution in [0.1, 0.15) is 16.6 Å². The van der Waals surface area contributed by atoms with E-state index in [2.05, 4.69) is 4.98 Å². The molecule has 0 saturated carbocycles. The first kappa shape index (κ1) is 13.6. The van der Waals surface area contributed by atoms with Gasteiger partial charge in [-0.2, -0.15) is 0 Å². The molecule has 2 aromatic heterocycles. The summed E-state index contributed by atoms with van der Waals surface area (Å²) in [6.07, 6.45) is 3.81. The van der Waals surface area contributed by atoms with Crippen LogP contribution in [0.3, 0.4) is 0 Å². The van der Waals surface area contributed by atoms with Gasteiger partial charge < -0.3 is 9.30 Å². The number of carbonyl (C=O) groups excluding carboxylic acids is 1. The molecule has 2 heterocycles. The molecule has 0 radical (unpaired) electrons. The summed E-state index contributed by atoms with van der Waals surface area (Å²) >= 11 is 1.34. The van der Waals surface area contributed by atoms with Gasteiger partial charge >= 0.3 is 5.97 Å². The van der Waals surface area contributed by atoms with Gasteiger partial charge in [-0.05, 0) is 19.1 Å². The van der Waals surface area contributed by atoms with Crippen molar-refractivity contribution < 1.29 is 9.53 Å². The highest BCUT2D eigenvalue weighted by Gasteiger charge is 2.20. The van der Waals surface area contributed by atoms with Crippen molar-refractivity contribution >= 4 is 17.3 Å². The van der Waals surface area contributed by atoms with Crippen LogP contribution in [-0.4, -0.2) is 22.1 Å². The number of hydrogen-bond donors (Lipinski definition) is 0. The van der Waals surface area contributed by atoms with Crippen molar-refractivity contribution in [3.63, 3.8) is 0 Å². The van der Waals surface area contributed by atoms with Crippen LogP contribution in [0.25, 0.3) is 16.4 Å². The van der Waals surface area contributed by atoms with Gasteiger partial charge in [0.15, 0.2) is 5.13 Å². The predicted octanol–water partition coefficient (Wildman–Crippen LogP) is 3.78. The Kier molecular flexibility index (Phi) is 3.83. The zero-order valence-corrected chi connectivity index (χ0v) is 12.3. The summed E-state index contributed by atoms with van der Waals surface area (Å²) in [5.74, 6) is -0.327. The van der Waals surface area contributed by atoms with E-state index in [4.69, 9.17) is 4.74 Å². The van der Waals surface area contributed by atoms with Crippen LogP contribution in [0.4, 0.5) is 0 Å². The zero-order chi connectivity index (χ0) is 14.7. The van der Waals surface area contributed by atoms with E-state index < -0.39 is 0 Å². The van der Waals surface area contributed by atoms with Crippen molar-refractivity contribution in [2.75, 3.05) is 6.61 Å². The minimum absolute atomic E-state index is 0.327. The minimum atomic E-state index is -0.327. The minimum Gasteiger partial charge on any atom is -0.462 e. The Balaban J connectivity index is 2.10. The SMILES string of the molecule is CCOC(=O)c1sc(-n2cccc2)nc1-c1ccccc1. The fraction of sp³-hybridized carbons (Fsp3) is 0.125. The third-order valence-corrected chi connectivity index (χ3v) is 4.00. The monoisotopic (exact) mass is 298 g/mol. The second-order valence-electron chi connectivity index (χ2n) is 4.35. The maximum absolute atomic E-state index is 12.2. The number of nitrogens with zero attached hydrogens (tertiary/aromatic N) is 2. The Morgan fingerprint density at radius 2 is 1.90 bits per heavy atom. The van der Waals surface area contributed by atoms with Gasteiger partial charge in [-0.1, -0.05) is 41.7 Å². The van der Waals surface area contributed by atoms with Gasteiger partial charge in [0.05, 0.1) is 12.3 Å². The number of rotatable bonds is 4. The van der Waals surface area contributed by atoms with Crippen molar-refractivity contribution in [3.05, 3.63) is 59.7 Å². The molecule has 0 bridgehead atoms. The first-order valence-corrected chi connectivity index (χ1v) is 7.48. The number of hydrogen-bond acceptors (Lipinski definition) is 4. The average Bonchev–Trinajstić information content (AvgIpc) is 3.17. The van der Waals surface area contributed by atoms with Crippen LogP contribution in [-0.2, 0) is 4.74 Å². The molecule has 3 rings (SSSR count). The Morgan fingerprint density at radius 1 is 1.19 bits per heavy atom. The highest BCUT2D eigenvalue weighted by molar-refractivity contribution is 7.16. The summed E-state index contributed by atoms with van der Waals surface area (Å²) < 4.78 is 7.03. The van der Waals surface area contributed by atoms with Gasteiger partial charge in [0.25, 0.3) is 0 Å². The second-order valence-corrected chi connectivity index (χ2v) is 5.33. The number of ether oxygens (including phenoxy) is 1. The van der Waals surface area contributed by atoms with Gasteiger partial charge in [-0.25, -0.2) is 9.78 Å². The summed E-state index contributed by atoms with van der Waals surface area (Å²) in [7, 11) is 0. The molecule has 4 nitrogen and oxygen atoms in total. The van der Waals surface area contributed by atoms with E-state index in [-0.39, 0.29) is 5.97 Å². The van der Waals surface area contributed by atoms with E-state index in [1.165, 1.54) is 11.3 Å². The number of carbonyl (C=O) groups is 1. The lowest BCUT2D eigenvalue weighted by Crippen LogP contribution is -2.03. The summed E-state index contributed by atoms with van der Waals surface area (Å²) in [4.78, 5) is 17.3. The lowest BCUT2D eigenvalue weighted by Gasteiger charge is -2.01. The van der Waals surface area contributed by atoms with E-state index in [0.29, 0.717) is 17.2 Å². The Morgan fingerprint density at radius 3 is 2.57 bits per heavy atom. The fourth-order valence-electron chi connectivity index (χ4n) is 2.01. The van der Waals surface area contributed by atoms with Crippen LogP contribution in [0.15, 0.2) is 54.9 Å². The molecule has 5 heteroatoms. The Hall–Kier alpha value is -2.40. The van der Waals surface area contributed by atoms with Crippen molar-refractivity contribution in [3.8, 4) is 16.4 Å². The molecule has 0 aliphatic carbocycles. The standard InChI is InChI=1S/C16H14N2O2S/c1-2-20-15(19)14-13(12-8-4-3-5-9-12)17-16(21-14)18-10-6-7-11-18/h3-11H,2H2,1H3. The van der Waals surface area contributed by atoms with Gasteiger partial charge in [0.1, 0.15) is 4.88 Å². The lowest BCUT2D eigenvalue weighted by atomic mass is 10.1. The van der Waals surface area contributed by atoms with Crippen molar-refractivity contribution in [2.24, 2.45) is 0 Å². The second kappa shape index (κ2) is 5.93. The van der Waals surface area contributed by atoms with Crippen LogP contribution in [0.5, 0.6) is 0 Å². The molecule has 0 unspecified atom stereocenters. The van der Waals surface area contributed by atoms with Crippen molar-refractivity contribution in [1.29, 1.82) is 0 Å². The molecular formula is C16H14N2O2S. The molecule has 0 amide bonds. The summed E-state index contributed by atoms with van der Waals surface area (Å²) in [5.41, 5.74) is 1.58. The Bertz CT molecular complexity index is 733. The first-order chi connectivity index (χ1) is 10.3. The molecule has 0 saturated heterocycles. The van der Waals surface area contributed by atoms with E-state index in [0.717, 1.165) is 10.7 Å². The molecular weight excluding hydrogens is 284 g/mol. The third kappa shape index (κ3) is 2.73. The lowest BCUT2D eigenvalue weighted by molar-refractivity contribution is 0.0532. The van der Waals surface area contributed by atoms with Crippen molar-refractivity contribution in [2.45, 2.75) is 6.92 Å². The van der Waals surface area contributed by atoms with Crippen LogP contribution < -0.4 is 0 Å². The highest BCUT2D eigenvalue weighted by Crippen LogP contribution is 2.30. The smallest absolute Gasteiger partial charge is 0.350 e. The van der Waals surface area contributed by atoms with Crippen molar-refractivity contribution in [1.82, 2.24) is 9.55 Å². The summed E-state index contributed by atoms with van der Waals surface area (Å²) in [6, 6.07) is 13.5. The maximum atomic E-state index is 12.2. The molecule has 0 spiro atoms. The number of aromatic nitrogens is 2. The van der Waals surface area contributed by atoms with E-state index in [9.17, 15) is 4.79 Å². The molecule has 0 aliphatic heterocycles. The highest BCUT2D eigenvalue weighted by atomic mass is 32.1. The molecule has 0 aliphatic rings.